The molecule has 2 heterocycles. The molecule has 0 spiro atoms. The first-order valence-corrected chi connectivity index (χ1v) is 12.1. The summed E-state index contributed by atoms with van der Waals surface area (Å²) in [5, 5.41) is 5.77. The lowest BCUT2D eigenvalue weighted by Gasteiger charge is -2.13. The lowest BCUT2D eigenvalue weighted by atomic mass is 10.2. The van der Waals surface area contributed by atoms with Crippen molar-refractivity contribution < 1.29 is 4.79 Å². The van der Waals surface area contributed by atoms with Crippen LogP contribution in [0.25, 0.3) is 0 Å². The fourth-order valence-electron chi connectivity index (χ4n) is 2.90. The zero-order valence-corrected chi connectivity index (χ0v) is 19.5. The van der Waals surface area contributed by atoms with Crippen LogP contribution < -0.4 is 21.3 Å². The van der Waals surface area contributed by atoms with Gasteiger partial charge in [0, 0.05) is 24.5 Å². The highest BCUT2D eigenvalue weighted by atomic mass is 32.2. The number of nitrogens with zero attached hydrogens (tertiary/aromatic N) is 2. The van der Waals surface area contributed by atoms with Crippen LogP contribution in [0.2, 0.25) is 0 Å². The molecule has 0 fully saturated rings. The maximum Gasteiger partial charge on any atom is 0.275 e. The number of hydrogen-bond acceptors (Lipinski definition) is 7. The third kappa shape index (κ3) is 7.15. The van der Waals surface area contributed by atoms with Gasteiger partial charge in [0.1, 0.15) is 12.2 Å². The van der Waals surface area contributed by atoms with Gasteiger partial charge >= 0.3 is 0 Å². The van der Waals surface area contributed by atoms with Crippen LogP contribution in [0.15, 0.2) is 75.4 Å². The molecule has 168 valence electrons. The SMILES string of the molecule is Cc1ccc(NSCc2ccccc2)c(=O)n1CC(=O)NC/C=C/C1=CSC(CN)=NC1. The fraction of sp³-hybridized carbons (Fsp3) is 0.261. The van der Waals surface area contributed by atoms with Crippen molar-refractivity contribution in [3.8, 4) is 0 Å². The minimum atomic E-state index is -0.218. The van der Waals surface area contributed by atoms with E-state index in [0.717, 1.165) is 22.1 Å². The molecule has 0 aliphatic carbocycles. The van der Waals surface area contributed by atoms with E-state index in [1.807, 2.05) is 60.9 Å². The number of nitrogens with two attached hydrogens (primary N) is 1. The zero-order valence-electron chi connectivity index (χ0n) is 17.9. The molecule has 0 saturated carbocycles. The summed E-state index contributed by atoms with van der Waals surface area (Å²) in [6.07, 6.45) is 3.82. The monoisotopic (exact) mass is 469 g/mol. The first kappa shape index (κ1) is 23.9. The van der Waals surface area contributed by atoms with Crippen molar-refractivity contribution in [3.63, 3.8) is 0 Å². The van der Waals surface area contributed by atoms with E-state index in [0.29, 0.717) is 25.3 Å². The highest BCUT2D eigenvalue weighted by Gasteiger charge is 2.10. The molecule has 0 saturated heterocycles. The maximum atomic E-state index is 12.8. The molecule has 1 aromatic heterocycles. The van der Waals surface area contributed by atoms with Gasteiger partial charge in [-0.1, -0.05) is 54.2 Å². The summed E-state index contributed by atoms with van der Waals surface area (Å²) in [6.45, 7) is 3.22. The third-order valence-electron chi connectivity index (χ3n) is 4.67. The number of amides is 1. The van der Waals surface area contributed by atoms with Gasteiger partial charge in [-0.15, -0.1) is 0 Å². The van der Waals surface area contributed by atoms with Gasteiger partial charge in [-0.25, -0.2) is 0 Å². The van der Waals surface area contributed by atoms with E-state index in [1.54, 1.807) is 6.07 Å². The number of carbonyl (C=O) groups is 1. The summed E-state index contributed by atoms with van der Waals surface area (Å²) in [4.78, 5) is 29.6. The Morgan fingerprint density at radius 3 is 2.81 bits per heavy atom. The molecule has 2 aromatic rings. The zero-order chi connectivity index (χ0) is 22.8. The maximum absolute atomic E-state index is 12.8. The van der Waals surface area contributed by atoms with Crippen LogP contribution in [0.1, 0.15) is 11.3 Å². The second-order valence-corrected chi connectivity index (χ2v) is 8.81. The molecule has 7 nitrogen and oxygen atoms in total. The van der Waals surface area contributed by atoms with E-state index in [1.165, 1.54) is 33.8 Å². The fourth-order valence-corrected chi connectivity index (χ4v) is 4.32. The number of benzene rings is 1. The quantitative estimate of drug-likeness (QED) is 0.462. The van der Waals surface area contributed by atoms with Crippen molar-refractivity contribution in [3.05, 3.63) is 87.2 Å². The van der Waals surface area contributed by atoms with Crippen LogP contribution in [0.5, 0.6) is 0 Å². The molecule has 0 unspecified atom stereocenters. The normalized spacial score (nSPS) is 13.6. The number of pyridine rings is 1. The summed E-state index contributed by atoms with van der Waals surface area (Å²) in [6, 6.07) is 13.6. The molecule has 1 aromatic carbocycles. The second kappa shape index (κ2) is 12.3. The number of thioether (sulfide) groups is 1. The number of aryl methyl sites for hydroxylation is 1. The molecule has 1 aliphatic heterocycles. The van der Waals surface area contributed by atoms with E-state index in [9.17, 15) is 9.59 Å². The standard InChI is InChI=1S/C23H27N5O2S2/c1-17-9-10-20(27-32-16-18-6-3-2-4-7-18)23(30)28(17)14-21(29)25-11-5-8-19-13-26-22(12-24)31-15-19/h2-10,15,27H,11-14,16,24H2,1H3,(H,25,29)/b8-5+. The van der Waals surface area contributed by atoms with E-state index < -0.39 is 0 Å². The Kier molecular flexibility index (Phi) is 9.21. The summed E-state index contributed by atoms with van der Waals surface area (Å²) in [5.41, 5.74) is 8.79. The van der Waals surface area contributed by atoms with Crippen LogP contribution in [-0.2, 0) is 17.1 Å². The van der Waals surface area contributed by atoms with Crippen LogP contribution in [0.4, 0.5) is 5.69 Å². The second-order valence-electron chi connectivity index (χ2n) is 7.09. The van der Waals surface area contributed by atoms with Gasteiger partial charge in [-0.2, -0.15) is 0 Å². The van der Waals surface area contributed by atoms with Gasteiger partial charge in [-0.3, -0.25) is 14.6 Å². The highest BCUT2D eigenvalue weighted by molar-refractivity contribution is 8.16. The molecule has 9 heteroatoms. The van der Waals surface area contributed by atoms with Crippen molar-refractivity contribution in [1.29, 1.82) is 0 Å². The highest BCUT2D eigenvalue weighted by Crippen LogP contribution is 2.17. The summed E-state index contributed by atoms with van der Waals surface area (Å²) >= 11 is 2.97. The Bertz CT molecular complexity index is 1080. The van der Waals surface area contributed by atoms with Gasteiger partial charge < -0.3 is 20.3 Å². The van der Waals surface area contributed by atoms with E-state index in [-0.39, 0.29) is 18.0 Å². The van der Waals surface area contributed by atoms with E-state index >= 15 is 0 Å². The Hall–Kier alpha value is -2.75. The van der Waals surface area contributed by atoms with E-state index in [2.05, 4.69) is 15.0 Å². The van der Waals surface area contributed by atoms with Crippen LogP contribution in [0, 0.1) is 6.92 Å². The number of hydrogen-bond donors (Lipinski definition) is 3. The third-order valence-corrected chi connectivity index (χ3v) is 6.50. The summed E-state index contributed by atoms with van der Waals surface area (Å²) in [5.74, 6) is 0.513. The molecular formula is C23H27N5O2S2. The Morgan fingerprint density at radius 2 is 2.09 bits per heavy atom. The first-order valence-electron chi connectivity index (χ1n) is 10.2. The van der Waals surface area contributed by atoms with Crippen molar-refractivity contribution in [2.24, 2.45) is 10.7 Å². The molecule has 1 aliphatic rings. The predicted octanol–water partition coefficient (Wildman–Crippen LogP) is 3.08. The van der Waals surface area contributed by atoms with Crippen molar-refractivity contribution >= 4 is 40.3 Å². The van der Waals surface area contributed by atoms with Crippen molar-refractivity contribution in [2.45, 2.75) is 19.2 Å². The van der Waals surface area contributed by atoms with Gasteiger partial charge in [-0.05, 0) is 47.5 Å². The van der Waals surface area contributed by atoms with Gasteiger partial charge in [0.2, 0.25) is 5.91 Å². The van der Waals surface area contributed by atoms with Crippen LogP contribution in [-0.4, -0.2) is 35.2 Å². The number of aromatic nitrogens is 1. The Labute approximate surface area is 196 Å². The topological polar surface area (TPSA) is 102 Å². The number of anilines is 1. The molecular weight excluding hydrogens is 442 g/mol. The van der Waals surface area contributed by atoms with Crippen LogP contribution >= 0.6 is 23.7 Å². The van der Waals surface area contributed by atoms with Gasteiger partial charge in [0.15, 0.2) is 0 Å². The largest absolute Gasteiger partial charge is 0.351 e. The predicted molar refractivity (Wildman–Crippen MR) is 136 cm³/mol. The average molecular weight is 470 g/mol. The lowest BCUT2D eigenvalue weighted by molar-refractivity contribution is -0.121. The molecule has 32 heavy (non-hydrogen) atoms. The average Bonchev–Trinajstić information content (AvgIpc) is 2.82. The van der Waals surface area contributed by atoms with Gasteiger partial charge in [0.05, 0.1) is 11.6 Å². The Morgan fingerprint density at radius 1 is 1.28 bits per heavy atom. The summed E-state index contributed by atoms with van der Waals surface area (Å²) in [7, 11) is 0. The molecule has 0 radical (unpaired) electrons. The van der Waals surface area contributed by atoms with Crippen molar-refractivity contribution in [1.82, 2.24) is 9.88 Å². The van der Waals surface area contributed by atoms with Gasteiger partial charge in [0.25, 0.3) is 5.56 Å². The van der Waals surface area contributed by atoms with Crippen LogP contribution in [0.3, 0.4) is 0 Å². The molecule has 4 N–H and O–H groups in total. The number of carbonyl (C=O) groups excluding carboxylic acids is 1. The van der Waals surface area contributed by atoms with E-state index in [4.69, 9.17) is 5.73 Å². The molecule has 0 bridgehead atoms. The molecule has 0 atom stereocenters. The summed E-state index contributed by atoms with van der Waals surface area (Å²) < 4.78 is 4.59. The molecule has 1 amide bonds. The molecule has 3 rings (SSSR count). The number of rotatable bonds is 10. The lowest BCUT2D eigenvalue weighted by Crippen LogP contribution is -2.34. The smallest absolute Gasteiger partial charge is 0.275 e. The minimum Gasteiger partial charge on any atom is -0.351 e. The van der Waals surface area contributed by atoms with Crippen molar-refractivity contribution in [2.75, 3.05) is 24.4 Å². The number of nitrogens with one attached hydrogen (secondary N) is 2. The minimum absolute atomic E-state index is 0.0277. The Balaban J connectivity index is 1.49. The number of aliphatic imine (C=N–C) groups is 1. The first-order chi connectivity index (χ1) is 15.6.